The number of likely N-dealkylation sites (N-methyl/N-ethyl adjacent to an activating group) is 1. The number of carboxylic acid groups (broad SMARTS) is 1. The van der Waals surface area contributed by atoms with Crippen LogP contribution >= 0.6 is 11.6 Å². The van der Waals surface area contributed by atoms with Crippen LogP contribution in [0.4, 0.5) is 4.79 Å². The highest BCUT2D eigenvalue weighted by Gasteiger charge is 2.33. The summed E-state index contributed by atoms with van der Waals surface area (Å²) in [7, 11) is 1.40. The molecule has 30 heavy (non-hydrogen) atoms. The maximum absolute atomic E-state index is 12.8. The summed E-state index contributed by atoms with van der Waals surface area (Å²) in [5.41, 5.74) is 4.77. The number of rotatable bonds is 5. The number of halogens is 1. The van der Waals surface area contributed by atoms with Gasteiger partial charge >= 0.3 is 12.1 Å². The number of hydrogen-bond donors (Lipinski definition) is 1. The second-order valence-electron chi connectivity index (χ2n) is 7.18. The molecule has 0 saturated carbocycles. The van der Waals surface area contributed by atoms with Crippen LogP contribution in [0.25, 0.3) is 11.1 Å². The van der Waals surface area contributed by atoms with E-state index in [1.807, 2.05) is 36.4 Å². The highest BCUT2D eigenvalue weighted by atomic mass is 35.5. The summed E-state index contributed by atoms with van der Waals surface area (Å²) < 4.78 is 5.57. The Morgan fingerprint density at radius 1 is 0.967 bits per heavy atom. The lowest BCUT2D eigenvalue weighted by Gasteiger charge is -2.26. The molecule has 0 aromatic heterocycles. The zero-order chi connectivity index (χ0) is 21.3. The van der Waals surface area contributed by atoms with Gasteiger partial charge in [0.15, 0.2) is 6.04 Å². The highest BCUT2D eigenvalue weighted by Crippen LogP contribution is 2.44. The quantitative estimate of drug-likeness (QED) is 0.603. The molecule has 1 amide bonds. The number of carboxylic acids is 1. The van der Waals surface area contributed by atoms with Crippen molar-refractivity contribution in [3.8, 4) is 11.1 Å². The number of hydrogen-bond acceptors (Lipinski definition) is 3. The standard InChI is InChI=1S/C24H20ClNO4/c1-26(22(23(27)28)19-12-6-7-13-21(19)25)24(29)30-14-20-17-10-4-2-8-15(17)16-9-3-5-11-18(16)20/h2-13,20,22H,14H2,1H3,(H,27,28). The first-order chi connectivity index (χ1) is 14.5. The molecule has 1 aliphatic rings. The molecule has 0 fully saturated rings. The molecule has 152 valence electrons. The summed E-state index contributed by atoms with van der Waals surface area (Å²) in [5, 5.41) is 9.98. The van der Waals surface area contributed by atoms with E-state index in [1.165, 1.54) is 7.05 Å². The van der Waals surface area contributed by atoms with Crippen LogP contribution in [-0.4, -0.2) is 35.7 Å². The van der Waals surface area contributed by atoms with Crippen LogP contribution in [0.15, 0.2) is 72.8 Å². The highest BCUT2D eigenvalue weighted by molar-refractivity contribution is 6.31. The molecule has 0 heterocycles. The number of ether oxygens (including phenoxy) is 1. The largest absolute Gasteiger partial charge is 0.479 e. The van der Waals surface area contributed by atoms with Gasteiger partial charge in [0.25, 0.3) is 0 Å². The molecule has 0 bridgehead atoms. The number of fused-ring (bicyclic) bond motifs is 3. The predicted octanol–water partition coefficient (Wildman–Crippen LogP) is 5.35. The molecule has 4 rings (SSSR count). The molecular formula is C24H20ClNO4. The summed E-state index contributed by atoms with van der Waals surface area (Å²) in [5.74, 6) is -1.28. The summed E-state index contributed by atoms with van der Waals surface area (Å²) in [6, 6.07) is 21.4. The average molecular weight is 422 g/mol. The number of nitrogens with zero attached hydrogens (tertiary/aromatic N) is 1. The van der Waals surface area contributed by atoms with Crippen LogP contribution in [-0.2, 0) is 9.53 Å². The number of carbonyl (C=O) groups excluding carboxylic acids is 1. The molecule has 1 N–H and O–H groups in total. The zero-order valence-corrected chi connectivity index (χ0v) is 17.0. The van der Waals surface area contributed by atoms with Crippen LogP contribution in [0.2, 0.25) is 5.02 Å². The van der Waals surface area contributed by atoms with Gasteiger partial charge in [-0.25, -0.2) is 9.59 Å². The minimum absolute atomic E-state index is 0.0988. The molecule has 0 aliphatic heterocycles. The molecule has 1 aliphatic carbocycles. The second-order valence-corrected chi connectivity index (χ2v) is 7.58. The molecule has 5 nitrogen and oxygen atoms in total. The topological polar surface area (TPSA) is 66.8 Å². The van der Waals surface area contributed by atoms with Crippen molar-refractivity contribution in [1.29, 1.82) is 0 Å². The van der Waals surface area contributed by atoms with E-state index in [9.17, 15) is 14.7 Å². The number of amides is 1. The van der Waals surface area contributed by atoms with Crippen LogP contribution < -0.4 is 0 Å². The minimum Gasteiger partial charge on any atom is -0.479 e. The van der Waals surface area contributed by atoms with E-state index < -0.39 is 18.1 Å². The Morgan fingerprint density at radius 2 is 1.50 bits per heavy atom. The average Bonchev–Trinajstić information content (AvgIpc) is 3.07. The Labute approximate surface area is 179 Å². The van der Waals surface area contributed by atoms with Crippen LogP contribution in [0.5, 0.6) is 0 Å². The van der Waals surface area contributed by atoms with Gasteiger partial charge in [-0.05, 0) is 28.3 Å². The summed E-state index contributed by atoms with van der Waals surface area (Å²) in [4.78, 5) is 25.7. The van der Waals surface area contributed by atoms with Crippen molar-refractivity contribution in [3.05, 3.63) is 94.5 Å². The molecule has 3 aromatic rings. The van der Waals surface area contributed by atoms with Gasteiger partial charge in [0, 0.05) is 23.6 Å². The molecule has 0 radical (unpaired) electrons. The smallest absolute Gasteiger partial charge is 0.410 e. The van der Waals surface area contributed by atoms with Crippen LogP contribution in [0, 0.1) is 0 Å². The Hall–Kier alpha value is -3.31. The fourth-order valence-corrected chi connectivity index (χ4v) is 4.24. The van der Waals surface area contributed by atoms with E-state index in [4.69, 9.17) is 16.3 Å². The molecule has 3 aromatic carbocycles. The molecule has 6 heteroatoms. The van der Waals surface area contributed by atoms with E-state index in [0.717, 1.165) is 27.2 Å². The van der Waals surface area contributed by atoms with Crippen molar-refractivity contribution in [1.82, 2.24) is 4.90 Å². The van der Waals surface area contributed by atoms with Crippen molar-refractivity contribution >= 4 is 23.7 Å². The first-order valence-electron chi connectivity index (χ1n) is 9.54. The Bertz CT molecular complexity index is 1070. The summed E-state index contributed by atoms with van der Waals surface area (Å²) >= 11 is 6.16. The predicted molar refractivity (Wildman–Crippen MR) is 115 cm³/mol. The van der Waals surface area contributed by atoms with Gasteiger partial charge in [-0.1, -0.05) is 78.3 Å². The first-order valence-corrected chi connectivity index (χ1v) is 9.92. The monoisotopic (exact) mass is 421 g/mol. The van der Waals surface area contributed by atoms with E-state index in [0.29, 0.717) is 5.56 Å². The SMILES string of the molecule is CN(C(=O)OCC1c2ccccc2-c2ccccc21)C(C(=O)O)c1ccccc1Cl. The maximum Gasteiger partial charge on any atom is 0.410 e. The molecule has 0 saturated heterocycles. The van der Waals surface area contributed by atoms with E-state index >= 15 is 0 Å². The molecule has 0 spiro atoms. The van der Waals surface area contributed by atoms with Gasteiger partial charge in [-0.2, -0.15) is 0 Å². The lowest BCUT2D eigenvalue weighted by Crippen LogP contribution is -2.37. The fourth-order valence-electron chi connectivity index (χ4n) is 4.01. The van der Waals surface area contributed by atoms with Crippen molar-refractivity contribution in [3.63, 3.8) is 0 Å². The van der Waals surface area contributed by atoms with Gasteiger partial charge in [0.1, 0.15) is 6.61 Å². The lowest BCUT2D eigenvalue weighted by atomic mass is 9.98. The molecule has 1 atom stereocenters. The van der Waals surface area contributed by atoms with E-state index in [1.54, 1.807) is 24.3 Å². The van der Waals surface area contributed by atoms with Crippen molar-refractivity contribution in [2.45, 2.75) is 12.0 Å². The van der Waals surface area contributed by atoms with Crippen molar-refractivity contribution < 1.29 is 19.4 Å². The molecular weight excluding hydrogens is 402 g/mol. The lowest BCUT2D eigenvalue weighted by molar-refractivity contribution is -0.142. The summed E-state index contributed by atoms with van der Waals surface area (Å²) in [6.45, 7) is 0.117. The van der Waals surface area contributed by atoms with Gasteiger partial charge in [0.2, 0.25) is 0 Å². The normalized spacial score (nSPS) is 13.3. The van der Waals surface area contributed by atoms with Gasteiger partial charge < -0.3 is 9.84 Å². The van der Waals surface area contributed by atoms with Crippen LogP contribution in [0.3, 0.4) is 0 Å². The zero-order valence-electron chi connectivity index (χ0n) is 16.3. The van der Waals surface area contributed by atoms with Gasteiger partial charge in [0.05, 0.1) is 0 Å². The Balaban J connectivity index is 1.55. The van der Waals surface area contributed by atoms with Crippen molar-refractivity contribution in [2.75, 3.05) is 13.7 Å². The number of aliphatic carboxylic acids is 1. The first kappa shape index (κ1) is 20.0. The number of benzene rings is 3. The van der Waals surface area contributed by atoms with E-state index in [2.05, 4.69) is 12.1 Å². The Kier molecular flexibility index (Phi) is 5.46. The third-order valence-electron chi connectivity index (χ3n) is 5.45. The minimum atomic E-state index is -1.24. The Morgan fingerprint density at radius 3 is 2.07 bits per heavy atom. The molecule has 1 unspecified atom stereocenters. The van der Waals surface area contributed by atoms with Crippen LogP contribution in [0.1, 0.15) is 28.7 Å². The fraction of sp³-hybridized carbons (Fsp3) is 0.167. The second kappa shape index (κ2) is 8.20. The van der Waals surface area contributed by atoms with Gasteiger partial charge in [-0.3, -0.25) is 4.90 Å². The van der Waals surface area contributed by atoms with Gasteiger partial charge in [-0.15, -0.1) is 0 Å². The number of carbonyl (C=O) groups is 2. The third-order valence-corrected chi connectivity index (χ3v) is 5.79. The van der Waals surface area contributed by atoms with Crippen molar-refractivity contribution in [2.24, 2.45) is 0 Å². The van der Waals surface area contributed by atoms with E-state index in [-0.39, 0.29) is 17.5 Å². The summed E-state index contributed by atoms with van der Waals surface area (Å²) in [6.07, 6.45) is -0.718. The third kappa shape index (κ3) is 3.53. The maximum atomic E-state index is 12.8.